The SMILES string of the molecule is NC(=O)C(C1=NC(CO)CNC1)=C(N)c1cccc(Cl)c1. The van der Waals surface area contributed by atoms with Gasteiger partial charge in [-0.05, 0) is 17.7 Å². The molecule has 6 nitrogen and oxygen atoms in total. The first kappa shape index (κ1) is 15.5. The lowest BCUT2D eigenvalue weighted by atomic mass is 10.0. The average molecular weight is 309 g/mol. The minimum atomic E-state index is -0.661. The van der Waals surface area contributed by atoms with Gasteiger partial charge in [-0.15, -0.1) is 0 Å². The van der Waals surface area contributed by atoms with Crippen LogP contribution in [0.3, 0.4) is 0 Å². The second-order valence-corrected chi connectivity index (χ2v) is 5.14. The Bertz CT molecular complexity index is 613. The Morgan fingerprint density at radius 1 is 1.48 bits per heavy atom. The fourth-order valence-electron chi connectivity index (χ4n) is 2.16. The van der Waals surface area contributed by atoms with Gasteiger partial charge in [0.2, 0.25) is 0 Å². The third-order valence-electron chi connectivity index (χ3n) is 3.16. The van der Waals surface area contributed by atoms with Gasteiger partial charge in [-0.1, -0.05) is 23.7 Å². The molecule has 0 bridgehead atoms. The summed E-state index contributed by atoms with van der Waals surface area (Å²) in [5.74, 6) is -0.661. The second kappa shape index (κ2) is 6.71. The number of carbonyl (C=O) groups is 1. The number of halogens is 1. The summed E-state index contributed by atoms with van der Waals surface area (Å²) in [6.45, 7) is 0.804. The fraction of sp³-hybridized carbons (Fsp3) is 0.286. The summed E-state index contributed by atoms with van der Waals surface area (Å²) >= 11 is 5.93. The Kier molecular flexibility index (Phi) is 4.95. The third kappa shape index (κ3) is 3.60. The molecule has 1 heterocycles. The minimum Gasteiger partial charge on any atom is -0.398 e. The van der Waals surface area contributed by atoms with E-state index in [4.69, 9.17) is 23.1 Å². The molecule has 1 unspecified atom stereocenters. The van der Waals surface area contributed by atoms with Gasteiger partial charge < -0.3 is 21.9 Å². The maximum absolute atomic E-state index is 11.8. The highest BCUT2D eigenvalue weighted by atomic mass is 35.5. The van der Waals surface area contributed by atoms with E-state index in [1.807, 2.05) is 0 Å². The van der Waals surface area contributed by atoms with Gasteiger partial charge in [-0.3, -0.25) is 9.79 Å². The number of aliphatic imine (C=N–C) groups is 1. The lowest BCUT2D eigenvalue weighted by molar-refractivity contribution is -0.114. The minimum absolute atomic E-state index is 0.111. The molecule has 0 saturated carbocycles. The van der Waals surface area contributed by atoms with Crippen molar-refractivity contribution in [1.29, 1.82) is 0 Å². The first-order chi connectivity index (χ1) is 10.0. The van der Waals surface area contributed by atoms with Crippen molar-refractivity contribution in [3.05, 3.63) is 40.4 Å². The lowest BCUT2D eigenvalue weighted by Crippen LogP contribution is -2.41. The van der Waals surface area contributed by atoms with Crippen LogP contribution in [0.4, 0.5) is 0 Å². The monoisotopic (exact) mass is 308 g/mol. The van der Waals surface area contributed by atoms with Gasteiger partial charge in [-0.25, -0.2) is 0 Å². The van der Waals surface area contributed by atoms with Crippen LogP contribution in [0.25, 0.3) is 5.70 Å². The van der Waals surface area contributed by atoms with Gasteiger partial charge in [0.05, 0.1) is 29.6 Å². The molecule has 0 fully saturated rings. The van der Waals surface area contributed by atoms with E-state index in [1.54, 1.807) is 24.3 Å². The van der Waals surface area contributed by atoms with E-state index in [9.17, 15) is 9.90 Å². The van der Waals surface area contributed by atoms with E-state index in [2.05, 4.69) is 10.3 Å². The molecular formula is C14H17ClN4O2. The first-order valence-electron chi connectivity index (χ1n) is 6.47. The third-order valence-corrected chi connectivity index (χ3v) is 3.40. The highest BCUT2D eigenvalue weighted by molar-refractivity contribution is 6.31. The predicted molar refractivity (Wildman–Crippen MR) is 82.9 cm³/mol. The van der Waals surface area contributed by atoms with E-state index in [-0.39, 0.29) is 23.9 Å². The number of benzene rings is 1. The fourth-order valence-corrected chi connectivity index (χ4v) is 2.35. The van der Waals surface area contributed by atoms with Crippen molar-refractivity contribution in [2.75, 3.05) is 19.7 Å². The Hall–Kier alpha value is -1.89. The van der Waals surface area contributed by atoms with Crippen molar-refractivity contribution in [2.45, 2.75) is 6.04 Å². The van der Waals surface area contributed by atoms with Gasteiger partial charge in [0, 0.05) is 18.1 Å². The Balaban J connectivity index is 2.49. The van der Waals surface area contributed by atoms with Gasteiger partial charge in [0.1, 0.15) is 0 Å². The van der Waals surface area contributed by atoms with Crippen molar-refractivity contribution in [3.63, 3.8) is 0 Å². The van der Waals surface area contributed by atoms with E-state index in [0.29, 0.717) is 29.4 Å². The predicted octanol–water partition coefficient (Wildman–Crippen LogP) is -0.0998. The lowest BCUT2D eigenvalue weighted by Gasteiger charge is -2.21. The molecule has 0 spiro atoms. The van der Waals surface area contributed by atoms with E-state index >= 15 is 0 Å². The zero-order valence-electron chi connectivity index (χ0n) is 11.3. The van der Waals surface area contributed by atoms with Crippen LogP contribution in [0.1, 0.15) is 5.56 Å². The molecule has 0 aliphatic carbocycles. The maximum atomic E-state index is 11.8. The molecule has 0 radical (unpaired) electrons. The zero-order chi connectivity index (χ0) is 15.4. The summed E-state index contributed by atoms with van der Waals surface area (Å²) in [4.78, 5) is 16.1. The molecule has 0 aromatic heterocycles. The summed E-state index contributed by atoms with van der Waals surface area (Å²) in [5, 5.41) is 12.8. The Morgan fingerprint density at radius 2 is 2.24 bits per heavy atom. The molecule has 1 amide bonds. The Labute approximate surface area is 127 Å². The molecule has 1 atom stereocenters. The Morgan fingerprint density at radius 3 is 2.86 bits per heavy atom. The summed E-state index contributed by atoms with van der Waals surface area (Å²) in [6, 6.07) is 6.53. The van der Waals surface area contributed by atoms with E-state index in [0.717, 1.165) is 0 Å². The van der Waals surface area contributed by atoms with Crippen LogP contribution in [0, 0.1) is 0 Å². The number of aliphatic hydroxyl groups is 1. The number of primary amides is 1. The highest BCUT2D eigenvalue weighted by Crippen LogP contribution is 2.19. The molecular weight excluding hydrogens is 292 g/mol. The first-order valence-corrected chi connectivity index (χ1v) is 6.84. The van der Waals surface area contributed by atoms with Crippen LogP contribution in [0.2, 0.25) is 5.02 Å². The van der Waals surface area contributed by atoms with Crippen molar-refractivity contribution in [1.82, 2.24) is 5.32 Å². The van der Waals surface area contributed by atoms with E-state index in [1.165, 1.54) is 0 Å². The number of aliphatic hydroxyl groups excluding tert-OH is 1. The standard InChI is InChI=1S/C14H17ClN4O2/c15-9-3-1-2-8(4-9)13(16)12(14(17)21)11-6-18-5-10(7-20)19-11/h1-4,10,18,20H,5-7,16H2,(H2,17,21). The van der Waals surface area contributed by atoms with E-state index < -0.39 is 5.91 Å². The molecule has 2 rings (SSSR count). The van der Waals surface area contributed by atoms with Crippen LogP contribution in [-0.4, -0.2) is 42.5 Å². The zero-order valence-corrected chi connectivity index (χ0v) is 12.1. The summed E-state index contributed by atoms with van der Waals surface area (Å²) in [5.41, 5.74) is 13.0. The molecule has 1 aromatic carbocycles. The van der Waals surface area contributed by atoms with Crippen molar-refractivity contribution in [3.8, 4) is 0 Å². The van der Waals surface area contributed by atoms with Gasteiger partial charge in [0.25, 0.3) is 5.91 Å². The highest BCUT2D eigenvalue weighted by Gasteiger charge is 2.23. The van der Waals surface area contributed by atoms with Crippen LogP contribution in [0.15, 0.2) is 34.8 Å². The molecule has 6 N–H and O–H groups in total. The molecule has 21 heavy (non-hydrogen) atoms. The molecule has 7 heteroatoms. The van der Waals surface area contributed by atoms with Crippen LogP contribution < -0.4 is 16.8 Å². The normalized spacial score (nSPS) is 19.7. The van der Waals surface area contributed by atoms with Crippen LogP contribution >= 0.6 is 11.6 Å². The summed E-state index contributed by atoms with van der Waals surface area (Å²) in [6.07, 6.45) is 0. The number of rotatable bonds is 4. The summed E-state index contributed by atoms with van der Waals surface area (Å²) < 4.78 is 0. The number of amides is 1. The quantitative estimate of drug-likeness (QED) is 0.582. The van der Waals surface area contributed by atoms with Crippen molar-refractivity contribution in [2.24, 2.45) is 16.5 Å². The molecule has 0 saturated heterocycles. The van der Waals surface area contributed by atoms with Crippen molar-refractivity contribution < 1.29 is 9.90 Å². The smallest absolute Gasteiger partial charge is 0.252 e. The van der Waals surface area contributed by atoms with Crippen molar-refractivity contribution >= 4 is 28.9 Å². The second-order valence-electron chi connectivity index (χ2n) is 4.71. The number of nitrogens with zero attached hydrogens (tertiary/aromatic N) is 1. The topological polar surface area (TPSA) is 114 Å². The molecule has 1 aliphatic rings. The van der Waals surface area contributed by atoms with Crippen LogP contribution in [-0.2, 0) is 4.79 Å². The van der Waals surface area contributed by atoms with Gasteiger partial charge in [0.15, 0.2) is 0 Å². The number of carbonyl (C=O) groups excluding carboxylic acids is 1. The molecule has 1 aromatic rings. The number of hydrogen-bond donors (Lipinski definition) is 4. The molecule has 112 valence electrons. The number of nitrogens with one attached hydrogen (secondary N) is 1. The largest absolute Gasteiger partial charge is 0.398 e. The number of nitrogens with two attached hydrogens (primary N) is 2. The summed E-state index contributed by atoms with van der Waals surface area (Å²) in [7, 11) is 0. The van der Waals surface area contributed by atoms with Crippen LogP contribution in [0.5, 0.6) is 0 Å². The van der Waals surface area contributed by atoms with Gasteiger partial charge >= 0.3 is 0 Å². The average Bonchev–Trinajstić information content (AvgIpc) is 2.47. The number of hydrogen-bond acceptors (Lipinski definition) is 5. The van der Waals surface area contributed by atoms with Gasteiger partial charge in [-0.2, -0.15) is 0 Å². The molecule has 1 aliphatic heterocycles. The maximum Gasteiger partial charge on any atom is 0.252 e.